The number of hydrogen-bond donors (Lipinski definition) is 1. The first-order valence-corrected chi connectivity index (χ1v) is 12.0. The van der Waals surface area contributed by atoms with Crippen LogP contribution < -0.4 is 5.32 Å². The lowest BCUT2D eigenvalue weighted by atomic mass is 9.95. The maximum absolute atomic E-state index is 13.4. The van der Waals surface area contributed by atoms with Gasteiger partial charge in [-0.2, -0.15) is 0 Å². The van der Waals surface area contributed by atoms with Gasteiger partial charge in [0, 0.05) is 17.1 Å². The highest BCUT2D eigenvalue weighted by Crippen LogP contribution is 2.20. The number of rotatable bonds is 7. The summed E-state index contributed by atoms with van der Waals surface area (Å²) in [6, 6.07) is 13.8. The van der Waals surface area contributed by atoms with Crippen molar-refractivity contribution in [2.75, 3.05) is 0 Å². The second kappa shape index (κ2) is 10.9. The molecule has 1 aliphatic rings. The number of nitrogens with zero attached hydrogens (tertiary/aromatic N) is 1. The summed E-state index contributed by atoms with van der Waals surface area (Å²) in [6.07, 6.45) is 5.91. The molecule has 4 nitrogen and oxygen atoms in total. The monoisotopic (exact) mass is 484 g/mol. The summed E-state index contributed by atoms with van der Waals surface area (Å²) in [5.74, 6) is -0.0869. The van der Waals surface area contributed by atoms with E-state index < -0.39 is 6.04 Å². The Labute approximate surface area is 194 Å². The summed E-state index contributed by atoms with van der Waals surface area (Å²) in [6.45, 7) is 6.31. The Kier molecular flexibility index (Phi) is 8.30. The van der Waals surface area contributed by atoms with Gasteiger partial charge in [0.15, 0.2) is 0 Å². The maximum atomic E-state index is 13.4. The Morgan fingerprint density at radius 1 is 1.10 bits per heavy atom. The SMILES string of the molecule is Cc1ccc(C)c(CC(=O)N(Cc2cccc(Br)c2)[C@@H](C)C(=O)NC2CCCCC2)c1. The van der Waals surface area contributed by atoms with E-state index in [9.17, 15) is 9.59 Å². The van der Waals surface area contributed by atoms with Gasteiger partial charge in [-0.05, 0) is 62.4 Å². The number of amides is 2. The molecule has 5 heteroatoms. The van der Waals surface area contributed by atoms with Crippen molar-refractivity contribution >= 4 is 27.7 Å². The Morgan fingerprint density at radius 3 is 2.55 bits per heavy atom. The van der Waals surface area contributed by atoms with Crippen LogP contribution in [0.4, 0.5) is 0 Å². The van der Waals surface area contributed by atoms with Crippen molar-refractivity contribution in [3.63, 3.8) is 0 Å². The van der Waals surface area contributed by atoms with Crippen LogP contribution in [-0.2, 0) is 22.6 Å². The zero-order valence-electron chi connectivity index (χ0n) is 18.8. The summed E-state index contributed by atoms with van der Waals surface area (Å²) in [4.78, 5) is 28.2. The maximum Gasteiger partial charge on any atom is 0.242 e. The third kappa shape index (κ3) is 6.67. The molecule has 3 rings (SSSR count). The van der Waals surface area contributed by atoms with E-state index in [2.05, 4.69) is 39.4 Å². The van der Waals surface area contributed by atoms with E-state index >= 15 is 0 Å². The highest BCUT2D eigenvalue weighted by Gasteiger charge is 2.28. The van der Waals surface area contributed by atoms with Crippen molar-refractivity contribution in [1.29, 1.82) is 0 Å². The average molecular weight is 485 g/mol. The predicted octanol–water partition coefficient (Wildman–Crippen LogP) is 5.47. The molecule has 0 aliphatic heterocycles. The van der Waals surface area contributed by atoms with E-state index in [1.807, 2.05) is 45.0 Å². The molecule has 2 aromatic carbocycles. The largest absolute Gasteiger partial charge is 0.352 e. The molecule has 0 bridgehead atoms. The summed E-state index contributed by atoms with van der Waals surface area (Å²) in [5, 5.41) is 3.19. The molecule has 166 valence electrons. The third-order valence-electron chi connectivity index (χ3n) is 6.21. The molecule has 1 N–H and O–H groups in total. The normalized spacial score (nSPS) is 15.4. The van der Waals surface area contributed by atoms with Crippen LogP contribution in [0, 0.1) is 13.8 Å². The molecule has 0 unspecified atom stereocenters. The summed E-state index contributed by atoms with van der Waals surface area (Å²) in [5.41, 5.74) is 4.25. The second-order valence-corrected chi connectivity index (χ2v) is 9.69. The van der Waals surface area contributed by atoms with E-state index in [-0.39, 0.29) is 17.9 Å². The number of hydrogen-bond acceptors (Lipinski definition) is 2. The predicted molar refractivity (Wildman–Crippen MR) is 129 cm³/mol. The Balaban J connectivity index is 1.79. The highest BCUT2D eigenvalue weighted by atomic mass is 79.9. The van der Waals surface area contributed by atoms with Gasteiger partial charge in [-0.15, -0.1) is 0 Å². The van der Waals surface area contributed by atoms with Gasteiger partial charge in [-0.25, -0.2) is 0 Å². The lowest BCUT2D eigenvalue weighted by Gasteiger charge is -2.31. The van der Waals surface area contributed by atoms with Gasteiger partial charge in [-0.1, -0.05) is 71.1 Å². The minimum absolute atomic E-state index is 0.0278. The number of halogens is 1. The fourth-order valence-electron chi connectivity index (χ4n) is 4.24. The van der Waals surface area contributed by atoms with E-state index in [1.165, 1.54) is 6.42 Å². The Hall–Kier alpha value is -2.14. The van der Waals surface area contributed by atoms with Crippen LogP contribution in [0.5, 0.6) is 0 Å². The van der Waals surface area contributed by atoms with E-state index in [4.69, 9.17) is 0 Å². The van der Waals surface area contributed by atoms with Gasteiger partial charge in [0.25, 0.3) is 0 Å². The van der Waals surface area contributed by atoms with Crippen molar-refractivity contribution in [1.82, 2.24) is 10.2 Å². The molecule has 1 atom stereocenters. The van der Waals surface area contributed by atoms with E-state index in [0.717, 1.165) is 52.4 Å². The number of benzene rings is 2. The summed E-state index contributed by atoms with van der Waals surface area (Å²) < 4.78 is 0.964. The molecular weight excluding hydrogens is 452 g/mol. The Morgan fingerprint density at radius 2 is 1.84 bits per heavy atom. The fourth-order valence-corrected chi connectivity index (χ4v) is 4.69. The Bertz CT molecular complexity index is 921. The van der Waals surface area contributed by atoms with Gasteiger partial charge < -0.3 is 10.2 Å². The zero-order valence-corrected chi connectivity index (χ0v) is 20.4. The minimum Gasteiger partial charge on any atom is -0.352 e. The van der Waals surface area contributed by atoms with E-state index in [1.54, 1.807) is 4.90 Å². The first-order valence-electron chi connectivity index (χ1n) is 11.2. The number of carbonyl (C=O) groups excluding carboxylic acids is 2. The van der Waals surface area contributed by atoms with Crippen LogP contribution in [-0.4, -0.2) is 28.8 Å². The average Bonchev–Trinajstić information content (AvgIpc) is 2.75. The minimum atomic E-state index is -0.529. The van der Waals surface area contributed by atoms with Crippen molar-refractivity contribution < 1.29 is 9.59 Å². The van der Waals surface area contributed by atoms with Gasteiger partial charge >= 0.3 is 0 Å². The molecule has 1 saturated carbocycles. The standard InChI is InChI=1S/C26H33BrN2O2/c1-18-12-13-19(2)22(14-18)16-25(30)29(17-21-8-7-9-23(27)15-21)20(3)26(31)28-24-10-5-4-6-11-24/h7-9,12-15,20,24H,4-6,10-11,16-17H2,1-3H3,(H,28,31)/t20-/m0/s1. The lowest BCUT2D eigenvalue weighted by Crippen LogP contribution is -2.50. The van der Waals surface area contributed by atoms with Crippen LogP contribution in [0.15, 0.2) is 46.9 Å². The number of nitrogens with one attached hydrogen (secondary N) is 1. The molecule has 0 radical (unpaired) electrons. The van der Waals surface area contributed by atoms with Crippen LogP contribution in [0.3, 0.4) is 0 Å². The van der Waals surface area contributed by atoms with Crippen LogP contribution in [0.1, 0.15) is 61.3 Å². The molecule has 1 aliphatic carbocycles. The van der Waals surface area contributed by atoms with Gasteiger partial charge in [0.05, 0.1) is 6.42 Å². The van der Waals surface area contributed by atoms with E-state index in [0.29, 0.717) is 13.0 Å². The molecule has 31 heavy (non-hydrogen) atoms. The molecule has 0 heterocycles. The fraction of sp³-hybridized carbons (Fsp3) is 0.462. The molecule has 2 aromatic rings. The number of carbonyl (C=O) groups is 2. The topological polar surface area (TPSA) is 49.4 Å². The van der Waals surface area contributed by atoms with Crippen molar-refractivity contribution in [3.05, 3.63) is 69.2 Å². The zero-order chi connectivity index (χ0) is 22.4. The first-order chi connectivity index (χ1) is 14.8. The van der Waals surface area contributed by atoms with Gasteiger partial charge in [-0.3, -0.25) is 9.59 Å². The molecule has 2 amide bonds. The van der Waals surface area contributed by atoms with Crippen molar-refractivity contribution in [2.24, 2.45) is 0 Å². The second-order valence-electron chi connectivity index (χ2n) is 8.78. The quantitative estimate of drug-likeness (QED) is 0.565. The lowest BCUT2D eigenvalue weighted by molar-refractivity contribution is -0.140. The molecule has 0 saturated heterocycles. The van der Waals surface area contributed by atoms with Gasteiger partial charge in [0.1, 0.15) is 6.04 Å². The highest BCUT2D eigenvalue weighted by molar-refractivity contribution is 9.10. The first kappa shape index (κ1) is 23.5. The summed E-state index contributed by atoms with van der Waals surface area (Å²) in [7, 11) is 0. The van der Waals surface area contributed by atoms with Crippen LogP contribution in [0.25, 0.3) is 0 Å². The van der Waals surface area contributed by atoms with Crippen LogP contribution in [0.2, 0.25) is 0 Å². The van der Waals surface area contributed by atoms with Gasteiger partial charge in [0.2, 0.25) is 11.8 Å². The summed E-state index contributed by atoms with van der Waals surface area (Å²) >= 11 is 3.51. The molecular formula is C26H33BrN2O2. The number of aryl methyl sites for hydroxylation is 2. The third-order valence-corrected chi connectivity index (χ3v) is 6.70. The molecule has 1 fully saturated rings. The van der Waals surface area contributed by atoms with Crippen molar-refractivity contribution in [2.45, 2.75) is 77.9 Å². The molecule has 0 aromatic heterocycles. The smallest absolute Gasteiger partial charge is 0.242 e. The molecule has 0 spiro atoms. The van der Waals surface area contributed by atoms with Crippen LogP contribution >= 0.6 is 15.9 Å². The van der Waals surface area contributed by atoms with Crippen molar-refractivity contribution in [3.8, 4) is 0 Å².